The van der Waals surface area contributed by atoms with E-state index in [0.29, 0.717) is 12.2 Å². The third-order valence-electron chi connectivity index (χ3n) is 5.90. The van der Waals surface area contributed by atoms with Gasteiger partial charge >= 0.3 is 0 Å². The Morgan fingerprint density at radius 1 is 0.972 bits per heavy atom. The highest BCUT2D eigenvalue weighted by Crippen LogP contribution is 2.39. The molecule has 0 aliphatic carbocycles. The van der Waals surface area contributed by atoms with E-state index in [2.05, 4.69) is 5.32 Å². The summed E-state index contributed by atoms with van der Waals surface area (Å²) < 4.78 is 22.0. The van der Waals surface area contributed by atoms with Gasteiger partial charge in [-0.3, -0.25) is 14.4 Å². The van der Waals surface area contributed by atoms with Crippen LogP contribution >= 0.6 is 0 Å². The van der Waals surface area contributed by atoms with E-state index in [0.717, 1.165) is 31.5 Å². The molecule has 3 amide bonds. The number of carbonyl (C=O) groups excluding carboxylic acids is 3. The molecule has 194 valence electrons. The molecule has 2 aromatic carbocycles. The summed E-state index contributed by atoms with van der Waals surface area (Å²) in [6, 6.07) is 9.96. The fraction of sp³-hybridized carbons (Fsp3) is 0.423. The van der Waals surface area contributed by atoms with Crippen LogP contribution in [0, 0.1) is 0 Å². The highest BCUT2D eigenvalue weighted by Gasteiger charge is 2.23. The SMILES string of the molecule is CCC(NC(=O)c1cc(OC)c(OCC(N)=O)c(OC)c1)c1ccccc1OCC(=O)N1CCCC1. The van der Waals surface area contributed by atoms with Crippen molar-refractivity contribution in [3.05, 3.63) is 47.5 Å². The first-order chi connectivity index (χ1) is 17.4. The molecule has 0 radical (unpaired) electrons. The maximum atomic E-state index is 13.2. The van der Waals surface area contributed by atoms with Gasteiger partial charge in [0.25, 0.3) is 17.7 Å². The van der Waals surface area contributed by atoms with Gasteiger partial charge in [-0.1, -0.05) is 25.1 Å². The molecule has 10 heteroatoms. The normalized spacial score (nSPS) is 13.6. The van der Waals surface area contributed by atoms with Crippen LogP contribution in [0.2, 0.25) is 0 Å². The Kier molecular flexibility index (Phi) is 9.38. The predicted octanol–water partition coefficient (Wildman–Crippen LogP) is 2.45. The third kappa shape index (κ3) is 6.59. The number of primary amides is 1. The van der Waals surface area contributed by atoms with Gasteiger partial charge in [-0.15, -0.1) is 0 Å². The fourth-order valence-corrected chi connectivity index (χ4v) is 4.04. The minimum atomic E-state index is -0.658. The molecular weight excluding hydrogens is 466 g/mol. The Morgan fingerprint density at radius 2 is 1.61 bits per heavy atom. The lowest BCUT2D eigenvalue weighted by Crippen LogP contribution is -2.32. The Balaban J connectivity index is 1.77. The monoisotopic (exact) mass is 499 g/mol. The number of hydrogen-bond donors (Lipinski definition) is 2. The van der Waals surface area contributed by atoms with Crippen LogP contribution in [0.15, 0.2) is 36.4 Å². The molecule has 1 aliphatic heterocycles. The highest BCUT2D eigenvalue weighted by molar-refractivity contribution is 5.96. The van der Waals surface area contributed by atoms with Crippen LogP contribution in [0.5, 0.6) is 23.0 Å². The molecule has 3 rings (SSSR count). The van der Waals surface area contributed by atoms with Gasteiger partial charge in [-0.2, -0.15) is 0 Å². The maximum absolute atomic E-state index is 13.2. The van der Waals surface area contributed by atoms with Gasteiger partial charge in [0.15, 0.2) is 24.7 Å². The lowest BCUT2D eigenvalue weighted by atomic mass is 10.0. The zero-order valence-electron chi connectivity index (χ0n) is 20.9. The van der Waals surface area contributed by atoms with Crippen LogP contribution in [0.25, 0.3) is 0 Å². The number of carbonyl (C=O) groups is 3. The van der Waals surface area contributed by atoms with Crippen molar-refractivity contribution in [2.75, 3.05) is 40.5 Å². The molecule has 36 heavy (non-hydrogen) atoms. The number of methoxy groups -OCH3 is 2. The zero-order chi connectivity index (χ0) is 26.1. The smallest absolute Gasteiger partial charge is 0.260 e. The quantitative estimate of drug-likeness (QED) is 0.459. The number of para-hydroxylation sites is 1. The van der Waals surface area contributed by atoms with Crippen molar-refractivity contribution in [3.8, 4) is 23.0 Å². The first kappa shape index (κ1) is 26.7. The van der Waals surface area contributed by atoms with E-state index in [1.54, 1.807) is 11.0 Å². The minimum Gasteiger partial charge on any atom is -0.493 e. The van der Waals surface area contributed by atoms with Gasteiger partial charge in [-0.05, 0) is 37.5 Å². The molecule has 0 saturated carbocycles. The average Bonchev–Trinajstić information content (AvgIpc) is 3.44. The summed E-state index contributed by atoms with van der Waals surface area (Å²) in [4.78, 5) is 38.6. The van der Waals surface area contributed by atoms with Crippen LogP contribution in [0.3, 0.4) is 0 Å². The van der Waals surface area contributed by atoms with E-state index in [1.807, 2.05) is 25.1 Å². The van der Waals surface area contributed by atoms with Crippen molar-refractivity contribution in [3.63, 3.8) is 0 Å². The standard InChI is InChI=1S/C26H33N3O7/c1-4-19(18-9-5-6-10-20(18)35-16-24(31)29-11-7-8-12-29)28-26(32)17-13-21(33-2)25(22(14-17)34-3)36-15-23(27)30/h5-6,9-10,13-14,19H,4,7-8,11-12,15-16H2,1-3H3,(H2,27,30)(H,28,32). The van der Waals surface area contributed by atoms with Crippen molar-refractivity contribution in [2.45, 2.75) is 32.2 Å². The van der Waals surface area contributed by atoms with Gasteiger partial charge in [-0.25, -0.2) is 0 Å². The molecule has 10 nitrogen and oxygen atoms in total. The minimum absolute atomic E-state index is 0.0442. The first-order valence-electron chi connectivity index (χ1n) is 11.8. The van der Waals surface area contributed by atoms with E-state index in [-0.39, 0.29) is 53.9 Å². The lowest BCUT2D eigenvalue weighted by Gasteiger charge is -2.22. The van der Waals surface area contributed by atoms with Crippen LogP contribution in [-0.4, -0.2) is 63.1 Å². The number of nitrogens with two attached hydrogens (primary N) is 1. The van der Waals surface area contributed by atoms with E-state index < -0.39 is 5.91 Å². The van der Waals surface area contributed by atoms with Crippen molar-refractivity contribution < 1.29 is 33.3 Å². The Labute approximate surface area is 210 Å². The number of amides is 3. The van der Waals surface area contributed by atoms with Crippen molar-refractivity contribution in [2.24, 2.45) is 5.73 Å². The molecule has 0 spiro atoms. The van der Waals surface area contributed by atoms with E-state index in [9.17, 15) is 14.4 Å². The Hall–Kier alpha value is -3.95. The molecule has 1 aliphatic rings. The molecule has 1 fully saturated rings. The number of likely N-dealkylation sites (tertiary alicyclic amines) is 1. The summed E-state index contributed by atoms with van der Waals surface area (Å²) in [5.41, 5.74) is 6.21. The number of hydrogen-bond acceptors (Lipinski definition) is 7. The van der Waals surface area contributed by atoms with Crippen LogP contribution in [-0.2, 0) is 9.59 Å². The summed E-state index contributed by atoms with van der Waals surface area (Å²) in [5, 5.41) is 3.01. The van der Waals surface area contributed by atoms with Gasteiger partial charge in [0.05, 0.1) is 20.3 Å². The van der Waals surface area contributed by atoms with Gasteiger partial charge in [0.1, 0.15) is 5.75 Å². The van der Waals surface area contributed by atoms with Gasteiger partial charge in [0.2, 0.25) is 5.75 Å². The Morgan fingerprint density at radius 3 is 2.19 bits per heavy atom. The molecule has 1 heterocycles. The molecular formula is C26H33N3O7. The van der Waals surface area contributed by atoms with Crippen LogP contribution < -0.4 is 30.0 Å². The maximum Gasteiger partial charge on any atom is 0.260 e. The number of nitrogens with zero attached hydrogens (tertiary/aromatic N) is 1. The zero-order valence-corrected chi connectivity index (χ0v) is 20.9. The third-order valence-corrected chi connectivity index (χ3v) is 5.90. The second kappa shape index (κ2) is 12.7. The summed E-state index contributed by atoms with van der Waals surface area (Å²) in [6.07, 6.45) is 2.61. The summed E-state index contributed by atoms with van der Waals surface area (Å²) in [5.74, 6) is 0.0806. The second-order valence-electron chi connectivity index (χ2n) is 8.31. The summed E-state index contributed by atoms with van der Waals surface area (Å²) in [6.45, 7) is 3.04. The number of rotatable bonds is 12. The van der Waals surface area contributed by atoms with E-state index in [4.69, 9.17) is 24.7 Å². The number of benzene rings is 2. The molecule has 2 aromatic rings. The van der Waals surface area contributed by atoms with Crippen molar-refractivity contribution >= 4 is 17.7 Å². The van der Waals surface area contributed by atoms with Crippen LogP contribution in [0.1, 0.15) is 48.1 Å². The van der Waals surface area contributed by atoms with Gasteiger partial charge in [0, 0.05) is 24.2 Å². The molecule has 1 saturated heterocycles. The second-order valence-corrected chi connectivity index (χ2v) is 8.31. The molecule has 0 bridgehead atoms. The van der Waals surface area contributed by atoms with Crippen LogP contribution in [0.4, 0.5) is 0 Å². The topological polar surface area (TPSA) is 129 Å². The molecule has 3 N–H and O–H groups in total. The predicted molar refractivity (Wildman–Crippen MR) is 132 cm³/mol. The highest BCUT2D eigenvalue weighted by atomic mass is 16.5. The summed E-state index contributed by atoms with van der Waals surface area (Å²) >= 11 is 0. The Bertz CT molecular complexity index is 1060. The number of nitrogens with one attached hydrogen (secondary N) is 1. The fourth-order valence-electron chi connectivity index (χ4n) is 4.04. The van der Waals surface area contributed by atoms with Gasteiger partial charge < -0.3 is 34.9 Å². The number of ether oxygens (including phenoxy) is 4. The average molecular weight is 500 g/mol. The first-order valence-corrected chi connectivity index (χ1v) is 11.8. The molecule has 1 atom stereocenters. The van der Waals surface area contributed by atoms with E-state index >= 15 is 0 Å². The molecule has 0 aromatic heterocycles. The van der Waals surface area contributed by atoms with Crippen molar-refractivity contribution in [1.82, 2.24) is 10.2 Å². The van der Waals surface area contributed by atoms with E-state index in [1.165, 1.54) is 26.4 Å². The lowest BCUT2D eigenvalue weighted by molar-refractivity contribution is -0.132. The van der Waals surface area contributed by atoms with Crippen molar-refractivity contribution in [1.29, 1.82) is 0 Å². The summed E-state index contributed by atoms with van der Waals surface area (Å²) in [7, 11) is 2.83. The largest absolute Gasteiger partial charge is 0.493 e. The molecule has 1 unspecified atom stereocenters.